The molecule has 1 atom stereocenters. The summed E-state index contributed by atoms with van der Waals surface area (Å²) in [6.45, 7) is 3.30. The second-order valence-electron chi connectivity index (χ2n) is 5.75. The summed E-state index contributed by atoms with van der Waals surface area (Å²) in [5.74, 6) is -0.256. The van der Waals surface area contributed by atoms with E-state index in [4.69, 9.17) is 0 Å². The highest BCUT2D eigenvalue weighted by molar-refractivity contribution is 7.11. The number of carbonyl (C=O) groups is 1. The first kappa shape index (κ1) is 15.9. The van der Waals surface area contributed by atoms with Gasteiger partial charge in [0, 0.05) is 30.6 Å². The van der Waals surface area contributed by atoms with E-state index < -0.39 is 0 Å². The molecule has 122 valence electrons. The van der Waals surface area contributed by atoms with Gasteiger partial charge in [-0.25, -0.2) is 14.2 Å². The lowest BCUT2D eigenvalue weighted by Crippen LogP contribution is -2.40. The lowest BCUT2D eigenvalue weighted by Gasteiger charge is -2.25. The normalized spacial score (nSPS) is 17.5. The van der Waals surface area contributed by atoms with E-state index in [2.05, 4.69) is 10.3 Å². The summed E-state index contributed by atoms with van der Waals surface area (Å²) in [6.07, 6.45) is 4.41. The van der Waals surface area contributed by atoms with Crippen molar-refractivity contribution in [2.45, 2.75) is 32.2 Å². The maximum absolute atomic E-state index is 13.4. The molecule has 1 aliphatic heterocycles. The number of nitrogens with one attached hydrogen (secondary N) is 1. The Morgan fingerprint density at radius 3 is 3.13 bits per heavy atom. The highest BCUT2D eigenvalue weighted by atomic mass is 32.1. The average molecular weight is 333 g/mol. The van der Waals surface area contributed by atoms with Crippen LogP contribution in [0.4, 0.5) is 9.18 Å². The van der Waals surface area contributed by atoms with E-state index >= 15 is 0 Å². The van der Waals surface area contributed by atoms with Crippen LogP contribution in [0.5, 0.6) is 0 Å². The zero-order valence-corrected chi connectivity index (χ0v) is 13.9. The first-order valence-corrected chi connectivity index (χ1v) is 8.66. The Labute approximate surface area is 139 Å². The van der Waals surface area contributed by atoms with E-state index in [1.807, 2.05) is 24.1 Å². The van der Waals surface area contributed by atoms with Crippen LogP contribution in [-0.2, 0) is 6.42 Å². The van der Waals surface area contributed by atoms with Crippen molar-refractivity contribution < 1.29 is 9.18 Å². The number of halogens is 1. The number of hydrogen-bond acceptors (Lipinski definition) is 3. The SMILES string of the molecule is Cc1cnc(CCNC(=O)N2CCC[C@@H]2c2cccc(F)c2)s1. The van der Waals surface area contributed by atoms with E-state index in [-0.39, 0.29) is 17.9 Å². The highest BCUT2D eigenvalue weighted by Crippen LogP contribution is 2.32. The fraction of sp³-hybridized carbons (Fsp3) is 0.412. The molecule has 1 aromatic heterocycles. The van der Waals surface area contributed by atoms with Crippen LogP contribution in [-0.4, -0.2) is 29.0 Å². The molecule has 1 aromatic carbocycles. The number of benzene rings is 1. The van der Waals surface area contributed by atoms with Crippen LogP contribution in [0.3, 0.4) is 0 Å². The minimum Gasteiger partial charge on any atom is -0.338 e. The Kier molecular flexibility index (Phi) is 4.91. The number of hydrogen-bond donors (Lipinski definition) is 1. The molecule has 1 fully saturated rings. The van der Waals surface area contributed by atoms with Crippen molar-refractivity contribution in [2.75, 3.05) is 13.1 Å². The fourth-order valence-electron chi connectivity index (χ4n) is 2.97. The standard InChI is InChI=1S/C17H20FN3OS/c1-12-11-20-16(23-12)7-8-19-17(22)21-9-3-6-15(21)13-4-2-5-14(18)10-13/h2,4-5,10-11,15H,3,6-9H2,1H3,(H,19,22)/t15-/m1/s1. The smallest absolute Gasteiger partial charge is 0.317 e. The summed E-state index contributed by atoms with van der Waals surface area (Å²) in [4.78, 5) is 19.7. The van der Waals surface area contributed by atoms with Gasteiger partial charge in [0.15, 0.2) is 0 Å². The highest BCUT2D eigenvalue weighted by Gasteiger charge is 2.29. The first-order valence-electron chi connectivity index (χ1n) is 7.85. The maximum Gasteiger partial charge on any atom is 0.317 e. The largest absolute Gasteiger partial charge is 0.338 e. The molecule has 1 saturated heterocycles. The molecule has 2 amide bonds. The molecule has 0 saturated carbocycles. The van der Waals surface area contributed by atoms with E-state index in [0.29, 0.717) is 13.1 Å². The molecule has 4 nitrogen and oxygen atoms in total. The molecule has 1 N–H and O–H groups in total. The predicted octanol–water partition coefficient (Wildman–Crippen LogP) is 3.68. The van der Waals surface area contributed by atoms with Crippen LogP contribution in [0.1, 0.15) is 34.3 Å². The summed E-state index contributed by atoms with van der Waals surface area (Å²) in [5, 5.41) is 3.99. The average Bonchev–Trinajstić information content (AvgIpc) is 3.16. The molecule has 0 bridgehead atoms. The van der Waals surface area contributed by atoms with Gasteiger partial charge in [-0.05, 0) is 37.5 Å². The van der Waals surface area contributed by atoms with Crippen LogP contribution >= 0.6 is 11.3 Å². The second kappa shape index (κ2) is 7.08. The molecule has 23 heavy (non-hydrogen) atoms. The molecule has 3 rings (SSSR count). The third kappa shape index (κ3) is 3.88. The van der Waals surface area contributed by atoms with Crippen molar-refractivity contribution >= 4 is 17.4 Å². The Balaban J connectivity index is 1.57. The van der Waals surface area contributed by atoms with Crippen LogP contribution in [0, 0.1) is 12.7 Å². The van der Waals surface area contributed by atoms with Gasteiger partial charge in [0.1, 0.15) is 5.82 Å². The maximum atomic E-state index is 13.4. The van der Waals surface area contributed by atoms with Gasteiger partial charge in [-0.1, -0.05) is 12.1 Å². The first-order chi connectivity index (χ1) is 11.1. The van der Waals surface area contributed by atoms with E-state index in [9.17, 15) is 9.18 Å². The molecule has 2 aromatic rings. The quantitative estimate of drug-likeness (QED) is 0.928. The summed E-state index contributed by atoms with van der Waals surface area (Å²) in [5.41, 5.74) is 0.869. The number of rotatable bonds is 4. The minimum absolute atomic E-state index is 0.0344. The van der Waals surface area contributed by atoms with Gasteiger partial charge in [-0.15, -0.1) is 11.3 Å². The van der Waals surface area contributed by atoms with Gasteiger partial charge in [0.25, 0.3) is 0 Å². The molecular weight excluding hydrogens is 313 g/mol. The van der Waals surface area contributed by atoms with E-state index in [0.717, 1.165) is 29.8 Å². The van der Waals surface area contributed by atoms with Crippen molar-refractivity contribution in [1.29, 1.82) is 0 Å². The van der Waals surface area contributed by atoms with Crippen molar-refractivity contribution in [2.24, 2.45) is 0 Å². The zero-order valence-electron chi connectivity index (χ0n) is 13.1. The lowest BCUT2D eigenvalue weighted by molar-refractivity contribution is 0.193. The monoisotopic (exact) mass is 333 g/mol. The minimum atomic E-state index is -0.256. The van der Waals surface area contributed by atoms with Crippen LogP contribution < -0.4 is 5.32 Å². The number of amides is 2. The van der Waals surface area contributed by atoms with Crippen molar-refractivity contribution in [3.63, 3.8) is 0 Å². The molecule has 2 heterocycles. The summed E-state index contributed by atoms with van der Waals surface area (Å²) >= 11 is 1.65. The Morgan fingerprint density at radius 2 is 2.39 bits per heavy atom. The molecule has 0 unspecified atom stereocenters. The molecule has 1 aliphatic rings. The molecule has 6 heteroatoms. The summed E-state index contributed by atoms with van der Waals surface area (Å²) in [6, 6.07) is 6.42. The number of thiazole rings is 1. The molecule has 0 spiro atoms. The van der Waals surface area contributed by atoms with Gasteiger partial charge >= 0.3 is 6.03 Å². The Bertz CT molecular complexity index is 688. The number of likely N-dealkylation sites (tertiary alicyclic amines) is 1. The number of nitrogens with zero attached hydrogens (tertiary/aromatic N) is 2. The van der Waals surface area contributed by atoms with Crippen LogP contribution in [0.15, 0.2) is 30.5 Å². The van der Waals surface area contributed by atoms with Crippen molar-refractivity contribution in [3.05, 3.63) is 51.7 Å². The number of carbonyl (C=O) groups excluding carboxylic acids is 1. The lowest BCUT2D eigenvalue weighted by atomic mass is 10.0. The topological polar surface area (TPSA) is 45.2 Å². The van der Waals surface area contributed by atoms with Crippen LogP contribution in [0.2, 0.25) is 0 Å². The molecule has 0 aliphatic carbocycles. The zero-order chi connectivity index (χ0) is 16.2. The van der Waals surface area contributed by atoms with Crippen molar-refractivity contribution in [1.82, 2.24) is 15.2 Å². The van der Waals surface area contributed by atoms with Gasteiger partial charge in [0.2, 0.25) is 0 Å². The van der Waals surface area contributed by atoms with Gasteiger partial charge in [-0.3, -0.25) is 0 Å². The predicted molar refractivity (Wildman–Crippen MR) is 89.0 cm³/mol. The Morgan fingerprint density at radius 1 is 1.52 bits per heavy atom. The molecular formula is C17H20FN3OS. The van der Waals surface area contributed by atoms with Crippen LogP contribution in [0.25, 0.3) is 0 Å². The Hall–Kier alpha value is -1.95. The third-order valence-electron chi connectivity index (χ3n) is 4.03. The van der Waals surface area contributed by atoms with Crippen molar-refractivity contribution in [3.8, 4) is 0 Å². The van der Waals surface area contributed by atoms with E-state index in [1.54, 1.807) is 17.4 Å². The van der Waals surface area contributed by atoms with Gasteiger partial charge in [0.05, 0.1) is 11.0 Å². The fourth-order valence-corrected chi connectivity index (χ4v) is 3.75. The number of aryl methyl sites for hydroxylation is 1. The van der Waals surface area contributed by atoms with Gasteiger partial charge < -0.3 is 10.2 Å². The second-order valence-corrected chi connectivity index (χ2v) is 7.07. The number of aromatic nitrogens is 1. The molecule has 0 radical (unpaired) electrons. The summed E-state index contributed by atoms with van der Waals surface area (Å²) < 4.78 is 13.4. The number of urea groups is 1. The van der Waals surface area contributed by atoms with Gasteiger partial charge in [-0.2, -0.15) is 0 Å². The third-order valence-corrected chi connectivity index (χ3v) is 5.00. The summed E-state index contributed by atoms with van der Waals surface area (Å²) in [7, 11) is 0. The van der Waals surface area contributed by atoms with E-state index in [1.165, 1.54) is 17.0 Å².